The molecule has 0 unspecified atom stereocenters. The minimum atomic E-state index is -0.262. The van der Waals surface area contributed by atoms with E-state index in [4.69, 9.17) is 5.73 Å². The number of aliphatic imine (C=N–C) groups is 1. The summed E-state index contributed by atoms with van der Waals surface area (Å²) in [6.07, 6.45) is 7.95. The molecule has 3 N–H and O–H groups in total. The largest absolute Gasteiger partial charge is 0.383 e. The van der Waals surface area contributed by atoms with Crippen LogP contribution >= 0.6 is 0 Å². The van der Waals surface area contributed by atoms with Crippen molar-refractivity contribution in [1.82, 2.24) is 0 Å². The Balaban J connectivity index is 1.18. The predicted octanol–water partition coefficient (Wildman–Crippen LogP) is 12.8. The molecule has 260 valence electrons. The number of benzene rings is 7. The van der Waals surface area contributed by atoms with Gasteiger partial charge in [-0.3, -0.25) is 0 Å². The molecule has 0 saturated heterocycles. The van der Waals surface area contributed by atoms with Crippen LogP contribution in [0.5, 0.6) is 0 Å². The number of fused-ring (bicyclic) bond motifs is 1. The van der Waals surface area contributed by atoms with Crippen LogP contribution in [0.4, 0.5) is 28.4 Å². The minimum Gasteiger partial charge on any atom is -0.383 e. The lowest BCUT2D eigenvalue weighted by Gasteiger charge is -2.29. The lowest BCUT2D eigenvalue weighted by Crippen LogP contribution is -2.20. The molecule has 0 fully saturated rings. The number of allylic oxidation sites excluding steroid dienone is 1. The molecule has 7 rings (SSSR count). The molecule has 0 amide bonds. The molecule has 0 aliphatic heterocycles. The zero-order valence-electron chi connectivity index (χ0n) is 30.4. The first kappa shape index (κ1) is 34.8. The molecular formula is C49H44N4. The van der Waals surface area contributed by atoms with Crippen LogP contribution in [0.1, 0.15) is 48.6 Å². The van der Waals surface area contributed by atoms with E-state index in [9.17, 15) is 0 Å². The summed E-state index contributed by atoms with van der Waals surface area (Å²) in [4.78, 5) is 6.60. The van der Waals surface area contributed by atoms with Gasteiger partial charge in [-0.25, -0.2) is 4.99 Å². The van der Waals surface area contributed by atoms with E-state index in [-0.39, 0.29) is 5.41 Å². The number of nitrogens with one attached hydrogen (secondary N) is 1. The third-order valence-electron chi connectivity index (χ3n) is 9.66. The van der Waals surface area contributed by atoms with Gasteiger partial charge in [0.05, 0.1) is 0 Å². The molecule has 4 heteroatoms. The quantitative estimate of drug-likeness (QED) is 0.0808. The molecule has 7 aromatic carbocycles. The van der Waals surface area contributed by atoms with Gasteiger partial charge in [0, 0.05) is 45.6 Å². The molecule has 7 aromatic rings. The molecule has 4 nitrogen and oxygen atoms in total. The molecule has 0 aliphatic carbocycles. The normalized spacial score (nSPS) is 12.1. The van der Waals surface area contributed by atoms with Crippen molar-refractivity contribution in [3.63, 3.8) is 0 Å². The van der Waals surface area contributed by atoms with E-state index in [1.165, 1.54) is 21.9 Å². The predicted molar refractivity (Wildman–Crippen MR) is 228 cm³/mol. The SMILES string of the molecule is C/C=C\N=C(/N)c1ccc(Nc2ccc(/C=C/c3ccc(N(c4ccccc4)c4ccc5ccccc5c4)cc3)cc2C(C)(C)c2ccccc2)cc1. The van der Waals surface area contributed by atoms with Crippen molar-refractivity contribution >= 4 is 57.2 Å². The van der Waals surface area contributed by atoms with Crippen LogP contribution in [-0.2, 0) is 5.41 Å². The average Bonchev–Trinajstić information content (AvgIpc) is 3.21. The second-order valence-electron chi connectivity index (χ2n) is 13.6. The van der Waals surface area contributed by atoms with Gasteiger partial charge in [0.15, 0.2) is 0 Å². The molecule has 53 heavy (non-hydrogen) atoms. The number of amidine groups is 1. The van der Waals surface area contributed by atoms with Gasteiger partial charge in [-0.05, 0) is 113 Å². The number of nitrogens with two attached hydrogens (primary N) is 1. The summed E-state index contributed by atoms with van der Waals surface area (Å²) < 4.78 is 0. The third kappa shape index (κ3) is 7.98. The maximum atomic E-state index is 6.17. The van der Waals surface area contributed by atoms with E-state index in [0.717, 1.165) is 45.1 Å². The van der Waals surface area contributed by atoms with Crippen molar-refractivity contribution in [3.05, 3.63) is 210 Å². The maximum absolute atomic E-state index is 6.17. The van der Waals surface area contributed by atoms with Crippen LogP contribution in [-0.4, -0.2) is 5.84 Å². The van der Waals surface area contributed by atoms with Gasteiger partial charge in [0.25, 0.3) is 0 Å². The van der Waals surface area contributed by atoms with Crippen LogP contribution in [0.25, 0.3) is 22.9 Å². The van der Waals surface area contributed by atoms with Crippen molar-refractivity contribution in [2.45, 2.75) is 26.2 Å². The highest BCUT2D eigenvalue weighted by Gasteiger charge is 2.26. The van der Waals surface area contributed by atoms with Gasteiger partial charge >= 0.3 is 0 Å². The van der Waals surface area contributed by atoms with Crippen molar-refractivity contribution < 1.29 is 0 Å². The van der Waals surface area contributed by atoms with E-state index < -0.39 is 0 Å². The van der Waals surface area contributed by atoms with Gasteiger partial charge in [0.2, 0.25) is 0 Å². The van der Waals surface area contributed by atoms with Crippen molar-refractivity contribution in [2.75, 3.05) is 10.2 Å². The van der Waals surface area contributed by atoms with E-state index in [2.05, 4.69) is 187 Å². The zero-order valence-corrected chi connectivity index (χ0v) is 30.4. The lowest BCUT2D eigenvalue weighted by molar-refractivity contribution is 0.643. The fourth-order valence-electron chi connectivity index (χ4n) is 6.68. The van der Waals surface area contributed by atoms with Crippen LogP contribution in [0.3, 0.4) is 0 Å². The Bertz CT molecular complexity index is 2390. The van der Waals surface area contributed by atoms with E-state index in [0.29, 0.717) is 5.84 Å². The molecular weight excluding hydrogens is 645 g/mol. The fraction of sp³-hybridized carbons (Fsp3) is 0.0816. The Morgan fingerprint density at radius 1 is 0.604 bits per heavy atom. The highest BCUT2D eigenvalue weighted by atomic mass is 15.1. The van der Waals surface area contributed by atoms with Gasteiger partial charge in [-0.2, -0.15) is 0 Å². The molecule has 0 atom stereocenters. The average molecular weight is 689 g/mol. The van der Waals surface area contributed by atoms with E-state index in [1.807, 2.05) is 37.3 Å². The first-order chi connectivity index (χ1) is 25.9. The van der Waals surface area contributed by atoms with Gasteiger partial charge in [0.1, 0.15) is 5.84 Å². The lowest BCUT2D eigenvalue weighted by atomic mass is 9.76. The Morgan fingerprint density at radius 2 is 1.21 bits per heavy atom. The zero-order chi connectivity index (χ0) is 36.6. The summed E-state index contributed by atoms with van der Waals surface area (Å²) >= 11 is 0. The molecule has 0 aliphatic rings. The van der Waals surface area contributed by atoms with Crippen molar-refractivity contribution in [3.8, 4) is 0 Å². The van der Waals surface area contributed by atoms with Gasteiger partial charge in [-0.15, -0.1) is 0 Å². The topological polar surface area (TPSA) is 53.6 Å². The van der Waals surface area contributed by atoms with Crippen LogP contribution in [0, 0.1) is 0 Å². The Hall–Kier alpha value is -6.65. The molecule has 0 radical (unpaired) electrons. The number of rotatable bonds is 11. The van der Waals surface area contributed by atoms with Crippen LogP contribution in [0.2, 0.25) is 0 Å². The van der Waals surface area contributed by atoms with E-state index >= 15 is 0 Å². The summed E-state index contributed by atoms with van der Waals surface area (Å²) in [6.45, 7) is 6.49. The van der Waals surface area contributed by atoms with E-state index in [1.54, 1.807) is 6.20 Å². The first-order valence-electron chi connectivity index (χ1n) is 18.0. The highest BCUT2D eigenvalue weighted by molar-refractivity contribution is 5.98. The first-order valence-corrected chi connectivity index (χ1v) is 18.0. The van der Waals surface area contributed by atoms with Crippen molar-refractivity contribution in [1.29, 1.82) is 0 Å². The Morgan fingerprint density at radius 3 is 1.92 bits per heavy atom. The highest BCUT2D eigenvalue weighted by Crippen LogP contribution is 2.39. The second-order valence-corrected chi connectivity index (χ2v) is 13.6. The summed E-state index contributed by atoms with van der Waals surface area (Å²) in [6, 6.07) is 59.9. The summed E-state index contributed by atoms with van der Waals surface area (Å²) in [7, 11) is 0. The van der Waals surface area contributed by atoms with Crippen molar-refractivity contribution in [2.24, 2.45) is 10.7 Å². The third-order valence-corrected chi connectivity index (χ3v) is 9.66. The summed E-state index contributed by atoms with van der Waals surface area (Å²) in [5.74, 6) is 0.491. The van der Waals surface area contributed by atoms with Gasteiger partial charge < -0.3 is 16.0 Å². The molecule has 0 aromatic heterocycles. The number of hydrogen-bond donors (Lipinski definition) is 2. The summed E-state index contributed by atoms with van der Waals surface area (Å²) in [5.41, 5.74) is 16.9. The number of hydrogen-bond acceptors (Lipinski definition) is 3. The standard InChI is InChI=1S/C49H44N4/c1-4-33-51-48(50)39-24-27-42(28-25-39)52-47-32-23-37(34-46(47)49(2,3)41-15-7-5-8-16-41)20-19-36-21-29-44(30-22-36)53(43-17-9-6-10-18-43)45-31-26-38-13-11-12-14-40(38)35-45/h4-35,52H,1-3H3,(H2,50,51)/b20-19+,33-4-. The van der Waals surface area contributed by atoms with Crippen LogP contribution in [0.15, 0.2) is 187 Å². The molecule has 0 bridgehead atoms. The number of para-hydroxylation sites is 1. The smallest absolute Gasteiger partial charge is 0.130 e. The molecule has 0 heterocycles. The van der Waals surface area contributed by atoms with Gasteiger partial charge in [-0.1, -0.05) is 129 Å². The molecule has 0 spiro atoms. The summed E-state index contributed by atoms with van der Waals surface area (Å²) in [5, 5.41) is 6.14. The minimum absolute atomic E-state index is 0.262. The second kappa shape index (κ2) is 15.7. The monoisotopic (exact) mass is 688 g/mol. The van der Waals surface area contributed by atoms with Crippen LogP contribution < -0.4 is 16.0 Å². The number of nitrogens with zero attached hydrogens (tertiary/aromatic N) is 2. The Kier molecular flexibility index (Phi) is 10.3. The molecule has 0 saturated carbocycles. The maximum Gasteiger partial charge on any atom is 0.130 e. The Labute approximate surface area is 313 Å². The number of anilines is 5. The fourth-order valence-corrected chi connectivity index (χ4v) is 6.68.